The highest BCUT2D eigenvalue weighted by atomic mass is 14.9. The van der Waals surface area contributed by atoms with Crippen molar-refractivity contribution in [2.45, 2.75) is 46.1 Å². The maximum Gasteiger partial charge on any atom is 0.00965 e. The molecule has 0 saturated heterocycles. The predicted octanol–water partition coefficient (Wildman–Crippen LogP) is 3.64. The Balaban J connectivity index is 2.24. The fourth-order valence-corrected chi connectivity index (χ4v) is 1.81. The Morgan fingerprint density at radius 3 is 2.31 bits per heavy atom. The average molecular weight is 219 g/mol. The molecule has 1 atom stereocenters. The molecule has 0 spiro atoms. The second-order valence-electron chi connectivity index (χ2n) is 5.76. The zero-order chi connectivity index (χ0) is 12.0. The van der Waals surface area contributed by atoms with Gasteiger partial charge in [0.05, 0.1) is 0 Å². The van der Waals surface area contributed by atoms with Gasteiger partial charge < -0.3 is 5.32 Å². The molecule has 0 fully saturated rings. The van der Waals surface area contributed by atoms with Gasteiger partial charge in [-0.05, 0) is 51.6 Å². The second-order valence-corrected chi connectivity index (χ2v) is 5.76. The number of benzene rings is 1. The molecule has 0 aliphatic heterocycles. The van der Waals surface area contributed by atoms with E-state index in [1.54, 1.807) is 0 Å². The molecule has 16 heavy (non-hydrogen) atoms. The number of nitrogens with one attached hydrogen (secondary N) is 1. The maximum atomic E-state index is 3.54. The van der Waals surface area contributed by atoms with Crippen molar-refractivity contribution in [1.82, 2.24) is 5.32 Å². The van der Waals surface area contributed by atoms with Gasteiger partial charge in [0, 0.05) is 5.54 Å². The lowest BCUT2D eigenvalue weighted by Crippen LogP contribution is -2.37. The van der Waals surface area contributed by atoms with Gasteiger partial charge in [0.2, 0.25) is 0 Å². The van der Waals surface area contributed by atoms with E-state index in [1.807, 2.05) is 0 Å². The van der Waals surface area contributed by atoms with Gasteiger partial charge in [0.1, 0.15) is 0 Å². The molecule has 0 aliphatic carbocycles. The zero-order valence-electron chi connectivity index (χ0n) is 11.1. The summed E-state index contributed by atoms with van der Waals surface area (Å²) < 4.78 is 0. The van der Waals surface area contributed by atoms with Crippen molar-refractivity contribution in [2.75, 3.05) is 6.54 Å². The monoisotopic (exact) mass is 219 g/mol. The maximum absolute atomic E-state index is 3.54. The molecular weight excluding hydrogens is 194 g/mol. The summed E-state index contributed by atoms with van der Waals surface area (Å²) in [4.78, 5) is 0. The Hall–Kier alpha value is -0.820. The van der Waals surface area contributed by atoms with Gasteiger partial charge in [0.25, 0.3) is 0 Å². The zero-order valence-corrected chi connectivity index (χ0v) is 11.1. The van der Waals surface area contributed by atoms with Crippen LogP contribution in [0.4, 0.5) is 0 Å². The summed E-state index contributed by atoms with van der Waals surface area (Å²) in [6.07, 6.45) is 2.43. The summed E-state index contributed by atoms with van der Waals surface area (Å²) in [5.41, 5.74) is 1.69. The lowest BCUT2D eigenvalue weighted by atomic mass is 9.97. The summed E-state index contributed by atoms with van der Waals surface area (Å²) in [6, 6.07) is 10.8. The van der Waals surface area contributed by atoms with Crippen molar-refractivity contribution in [3.63, 3.8) is 0 Å². The van der Waals surface area contributed by atoms with Crippen LogP contribution in [0.1, 0.15) is 39.7 Å². The normalized spacial score (nSPS) is 13.8. The highest BCUT2D eigenvalue weighted by molar-refractivity contribution is 5.15. The standard InChI is InChI=1S/C15H25N/c1-13(10-11-16-15(2,3)4)12-14-8-6-5-7-9-14/h5-9,13,16H,10-12H2,1-4H3. The van der Waals surface area contributed by atoms with Gasteiger partial charge in [0.15, 0.2) is 0 Å². The van der Waals surface area contributed by atoms with Crippen molar-refractivity contribution in [3.8, 4) is 0 Å². The Labute approximate surface area is 100 Å². The minimum Gasteiger partial charge on any atom is -0.312 e. The van der Waals surface area contributed by atoms with Crippen LogP contribution in [0, 0.1) is 5.92 Å². The molecule has 1 N–H and O–H groups in total. The van der Waals surface area contributed by atoms with Crippen LogP contribution in [0.2, 0.25) is 0 Å². The molecule has 0 aliphatic rings. The molecule has 0 heterocycles. The largest absolute Gasteiger partial charge is 0.312 e. The van der Waals surface area contributed by atoms with Gasteiger partial charge in [-0.1, -0.05) is 37.3 Å². The van der Waals surface area contributed by atoms with Crippen LogP contribution in [-0.2, 0) is 6.42 Å². The third-order valence-electron chi connectivity index (χ3n) is 2.72. The van der Waals surface area contributed by atoms with E-state index in [2.05, 4.69) is 63.3 Å². The highest BCUT2D eigenvalue weighted by Gasteiger charge is 2.09. The SMILES string of the molecule is CC(CCNC(C)(C)C)Cc1ccccc1. The third kappa shape index (κ3) is 5.92. The summed E-state index contributed by atoms with van der Waals surface area (Å²) in [5.74, 6) is 0.747. The van der Waals surface area contributed by atoms with Crippen molar-refractivity contribution in [3.05, 3.63) is 35.9 Å². The molecule has 0 radical (unpaired) electrons. The molecule has 1 unspecified atom stereocenters. The van der Waals surface area contributed by atoms with Gasteiger partial charge in [-0.15, -0.1) is 0 Å². The van der Waals surface area contributed by atoms with E-state index in [-0.39, 0.29) is 5.54 Å². The minimum atomic E-state index is 0.243. The Morgan fingerprint density at radius 2 is 1.75 bits per heavy atom. The van der Waals surface area contributed by atoms with E-state index in [4.69, 9.17) is 0 Å². The molecule has 90 valence electrons. The van der Waals surface area contributed by atoms with Crippen LogP contribution in [0.3, 0.4) is 0 Å². The summed E-state index contributed by atoms with van der Waals surface area (Å²) in [5, 5.41) is 3.54. The Morgan fingerprint density at radius 1 is 1.12 bits per heavy atom. The van der Waals surface area contributed by atoms with Crippen molar-refractivity contribution in [1.29, 1.82) is 0 Å². The van der Waals surface area contributed by atoms with Gasteiger partial charge in [-0.3, -0.25) is 0 Å². The molecule has 0 bridgehead atoms. The van der Waals surface area contributed by atoms with Crippen LogP contribution in [0.25, 0.3) is 0 Å². The molecule has 0 saturated carbocycles. The molecule has 1 aromatic rings. The topological polar surface area (TPSA) is 12.0 Å². The fourth-order valence-electron chi connectivity index (χ4n) is 1.81. The lowest BCUT2D eigenvalue weighted by molar-refractivity contribution is 0.394. The molecular formula is C15H25N. The van der Waals surface area contributed by atoms with Crippen molar-refractivity contribution in [2.24, 2.45) is 5.92 Å². The summed E-state index contributed by atoms with van der Waals surface area (Å²) in [6.45, 7) is 10.1. The van der Waals surface area contributed by atoms with E-state index in [0.717, 1.165) is 12.5 Å². The Bertz CT molecular complexity index is 284. The van der Waals surface area contributed by atoms with E-state index < -0.39 is 0 Å². The predicted molar refractivity (Wildman–Crippen MR) is 71.7 cm³/mol. The first-order chi connectivity index (χ1) is 7.47. The van der Waals surface area contributed by atoms with Gasteiger partial charge >= 0.3 is 0 Å². The van der Waals surface area contributed by atoms with Crippen LogP contribution in [-0.4, -0.2) is 12.1 Å². The molecule has 1 aromatic carbocycles. The molecule has 1 heteroatoms. The second kappa shape index (κ2) is 6.05. The fraction of sp³-hybridized carbons (Fsp3) is 0.600. The van der Waals surface area contributed by atoms with Crippen molar-refractivity contribution >= 4 is 0 Å². The van der Waals surface area contributed by atoms with Gasteiger partial charge in [-0.2, -0.15) is 0 Å². The first kappa shape index (κ1) is 13.2. The number of rotatable bonds is 5. The smallest absolute Gasteiger partial charge is 0.00965 e. The first-order valence-corrected chi connectivity index (χ1v) is 6.26. The van der Waals surface area contributed by atoms with Crippen LogP contribution < -0.4 is 5.32 Å². The van der Waals surface area contributed by atoms with E-state index >= 15 is 0 Å². The highest BCUT2D eigenvalue weighted by Crippen LogP contribution is 2.11. The number of hydrogen-bond acceptors (Lipinski definition) is 1. The van der Waals surface area contributed by atoms with Gasteiger partial charge in [-0.25, -0.2) is 0 Å². The van der Waals surface area contributed by atoms with E-state index in [9.17, 15) is 0 Å². The summed E-state index contributed by atoms with van der Waals surface area (Å²) >= 11 is 0. The van der Waals surface area contributed by atoms with Crippen molar-refractivity contribution < 1.29 is 0 Å². The van der Waals surface area contributed by atoms with Crippen LogP contribution in [0.5, 0.6) is 0 Å². The molecule has 0 aromatic heterocycles. The average Bonchev–Trinajstić information content (AvgIpc) is 2.17. The van der Waals surface area contributed by atoms with E-state index in [0.29, 0.717) is 0 Å². The molecule has 1 nitrogen and oxygen atoms in total. The Kier molecular flexibility index (Phi) is 5.01. The minimum absolute atomic E-state index is 0.243. The lowest BCUT2D eigenvalue weighted by Gasteiger charge is -2.22. The molecule has 0 amide bonds. The third-order valence-corrected chi connectivity index (χ3v) is 2.72. The number of hydrogen-bond donors (Lipinski definition) is 1. The molecule has 1 rings (SSSR count). The quantitative estimate of drug-likeness (QED) is 0.797. The summed E-state index contributed by atoms with van der Waals surface area (Å²) in [7, 11) is 0. The van der Waals surface area contributed by atoms with E-state index in [1.165, 1.54) is 18.4 Å². The van der Waals surface area contributed by atoms with Crippen LogP contribution >= 0.6 is 0 Å². The first-order valence-electron chi connectivity index (χ1n) is 6.26. The van der Waals surface area contributed by atoms with Crippen LogP contribution in [0.15, 0.2) is 30.3 Å².